The molecule has 0 saturated heterocycles. The molecule has 27 heavy (non-hydrogen) atoms. The minimum absolute atomic E-state index is 0. The smallest absolute Gasteiger partial charge is 0 e. The Labute approximate surface area is 193 Å². The molecule has 2 aliphatic carbocycles. The Bertz CT molecular complexity index is 230. The van der Waals surface area contributed by atoms with Crippen LogP contribution in [0.1, 0.15) is 69.2 Å². The van der Waals surface area contributed by atoms with Gasteiger partial charge >= 0.3 is 0 Å². The fourth-order valence-corrected chi connectivity index (χ4v) is 2.81. The van der Waals surface area contributed by atoms with Gasteiger partial charge in [0.25, 0.3) is 0 Å². The maximum atomic E-state index is 3.25. The summed E-state index contributed by atoms with van der Waals surface area (Å²) in [5.74, 6) is 14.7. The molecule has 0 bridgehead atoms. The van der Waals surface area contributed by atoms with Gasteiger partial charge < -0.3 is 0 Å². The number of rotatable bonds is 0. The van der Waals surface area contributed by atoms with Gasteiger partial charge in [-0.15, -0.1) is 0 Å². The molecule has 2 saturated carbocycles. The van der Waals surface area contributed by atoms with Crippen LogP contribution in [-0.4, -0.2) is 0 Å². The van der Waals surface area contributed by atoms with Crippen molar-refractivity contribution in [3.8, 4) is 0 Å². The Morgan fingerprint density at radius 3 is 0.556 bits per heavy atom. The van der Waals surface area contributed by atoms with Gasteiger partial charge in [0.1, 0.15) is 0 Å². The number of hydrogen-bond acceptors (Lipinski definition) is 0. The predicted molar refractivity (Wildman–Crippen MR) is 120 cm³/mol. The van der Waals surface area contributed by atoms with Gasteiger partial charge in [0.2, 0.25) is 0 Å². The molecule has 0 aliphatic heterocycles. The summed E-state index contributed by atoms with van der Waals surface area (Å²) in [6, 6.07) is 0. The first-order valence-electron chi connectivity index (χ1n) is 9.13. The molecule has 149 valence electrons. The van der Waals surface area contributed by atoms with Gasteiger partial charge in [0.15, 0.2) is 0 Å². The van der Waals surface area contributed by atoms with Gasteiger partial charge in [-0.25, -0.2) is 19.6 Å². The van der Waals surface area contributed by atoms with E-state index >= 15 is 0 Å². The standard InChI is InChI=1S/2C10H15.2C3H5.Zr/c2*1-6-7(2)9(4)10(5)8(6)3;2*1-3-2;/h2*1-5H3;2*3H,1-2H2;/q;;;-1;. The normalized spacial score (nSPS) is 22.2. The Hall–Kier alpha value is 0.493. The van der Waals surface area contributed by atoms with Crippen molar-refractivity contribution in [2.45, 2.75) is 69.2 Å². The molecule has 0 spiro atoms. The van der Waals surface area contributed by atoms with Gasteiger partial charge in [-0.3, -0.25) is 0 Å². The van der Waals surface area contributed by atoms with E-state index in [4.69, 9.17) is 0 Å². The minimum Gasteiger partial charge on any atom is -0.245 e. The van der Waals surface area contributed by atoms with Gasteiger partial charge in [0.05, 0.1) is 0 Å². The van der Waals surface area contributed by atoms with Crippen molar-refractivity contribution in [2.24, 2.45) is 0 Å². The molecule has 0 amide bonds. The molecule has 2 fully saturated rings. The van der Waals surface area contributed by atoms with Crippen LogP contribution in [0, 0.1) is 86.4 Å². The molecular formula is C26H40Zr-. The first-order chi connectivity index (χ1) is 11.9. The van der Waals surface area contributed by atoms with E-state index in [9.17, 15) is 0 Å². The van der Waals surface area contributed by atoms with Crippen LogP contribution in [-0.2, 0) is 26.2 Å². The molecule has 0 nitrogen and oxygen atoms in total. The second-order valence-electron chi connectivity index (χ2n) is 6.83. The topological polar surface area (TPSA) is 0 Å². The van der Waals surface area contributed by atoms with Crippen LogP contribution in [0.2, 0.25) is 0 Å². The van der Waals surface area contributed by atoms with E-state index in [1.54, 1.807) is 0 Å². The fraction of sp³-hybridized carbons (Fsp3) is 0.385. The van der Waals surface area contributed by atoms with Crippen LogP contribution in [0.3, 0.4) is 0 Å². The van der Waals surface area contributed by atoms with E-state index in [1.165, 1.54) is 71.7 Å². The average molecular weight is 444 g/mol. The monoisotopic (exact) mass is 442 g/mol. The molecule has 1 heteroatoms. The summed E-state index contributed by atoms with van der Waals surface area (Å²) < 4.78 is 0. The van der Waals surface area contributed by atoms with Crippen molar-refractivity contribution in [1.82, 2.24) is 0 Å². The summed E-state index contributed by atoms with van der Waals surface area (Å²) >= 11 is 0. The zero-order valence-corrected chi connectivity index (χ0v) is 21.9. The molecule has 13 radical (unpaired) electrons. The quantitative estimate of drug-likeness (QED) is 0.335. The third-order valence-electron chi connectivity index (χ3n) is 5.62. The number of allylic oxidation sites excluding steroid dienone is 1. The van der Waals surface area contributed by atoms with Crippen LogP contribution in [0.25, 0.3) is 0 Å². The molecule has 0 N–H and O–H groups in total. The SMILES string of the molecule is C=C[CH2-].C[C]1[C](C)[C](C)[C](C)[C]1C.C[C]1[C](C)[C](C)[C](C)[C]1C.[CH2][CH][CH2].[Zr]. The zero-order valence-electron chi connectivity index (χ0n) is 19.5. The van der Waals surface area contributed by atoms with Crippen LogP contribution >= 0.6 is 0 Å². The van der Waals surface area contributed by atoms with Crippen molar-refractivity contribution in [3.63, 3.8) is 0 Å². The summed E-state index contributed by atoms with van der Waals surface area (Å²) in [6.45, 7) is 35.0. The Balaban J connectivity index is -0.000000322. The average Bonchev–Trinajstić information content (AvgIpc) is 2.87. The maximum absolute atomic E-state index is 3.25. The van der Waals surface area contributed by atoms with Crippen molar-refractivity contribution in [1.29, 1.82) is 0 Å². The largest absolute Gasteiger partial charge is 0.245 e. The summed E-state index contributed by atoms with van der Waals surface area (Å²) in [4.78, 5) is 0. The maximum Gasteiger partial charge on any atom is 0 e. The van der Waals surface area contributed by atoms with Gasteiger partial charge in [-0.05, 0) is 79.4 Å². The molecule has 2 aliphatic rings. The van der Waals surface area contributed by atoms with Gasteiger partial charge in [-0.2, -0.15) is 0 Å². The van der Waals surface area contributed by atoms with E-state index in [-0.39, 0.29) is 26.2 Å². The second-order valence-corrected chi connectivity index (χ2v) is 6.83. The van der Waals surface area contributed by atoms with Crippen LogP contribution in [0.5, 0.6) is 0 Å². The molecule has 0 aromatic heterocycles. The molecule has 0 aromatic rings. The fourth-order valence-electron chi connectivity index (χ4n) is 2.81. The van der Waals surface area contributed by atoms with Crippen LogP contribution in [0.4, 0.5) is 0 Å². The number of hydrogen-bond donors (Lipinski definition) is 0. The minimum atomic E-state index is 0. The van der Waals surface area contributed by atoms with Gasteiger partial charge in [0, 0.05) is 26.2 Å². The molecule has 2 rings (SSSR count). The molecule has 0 atom stereocenters. The third kappa shape index (κ3) is 9.69. The Kier molecular flexibility index (Phi) is 19.4. The Morgan fingerprint density at radius 1 is 0.481 bits per heavy atom. The molecular weight excluding hydrogens is 404 g/mol. The predicted octanol–water partition coefficient (Wildman–Crippen LogP) is 7.81. The van der Waals surface area contributed by atoms with Crippen molar-refractivity contribution >= 4 is 0 Å². The summed E-state index contributed by atoms with van der Waals surface area (Å²) in [5.41, 5.74) is 0. The second kappa shape index (κ2) is 16.3. The molecule has 0 aromatic carbocycles. The van der Waals surface area contributed by atoms with Gasteiger partial charge in [-0.1, -0.05) is 69.2 Å². The zero-order chi connectivity index (χ0) is 21.2. The first-order valence-corrected chi connectivity index (χ1v) is 9.13. The third-order valence-corrected chi connectivity index (χ3v) is 5.62. The summed E-state index contributed by atoms with van der Waals surface area (Å²) in [6.07, 6.45) is 3.00. The molecule has 0 unspecified atom stereocenters. The van der Waals surface area contributed by atoms with E-state index in [1.807, 2.05) is 0 Å². The van der Waals surface area contributed by atoms with Crippen molar-refractivity contribution in [3.05, 3.63) is 99.0 Å². The van der Waals surface area contributed by atoms with E-state index in [0.717, 1.165) is 0 Å². The summed E-state index contributed by atoms with van der Waals surface area (Å²) in [7, 11) is 0. The van der Waals surface area contributed by atoms with Crippen LogP contribution < -0.4 is 0 Å². The molecule has 0 heterocycles. The van der Waals surface area contributed by atoms with E-state index < -0.39 is 0 Å². The van der Waals surface area contributed by atoms with E-state index in [2.05, 4.69) is 96.6 Å². The first kappa shape index (κ1) is 32.2. The van der Waals surface area contributed by atoms with Crippen molar-refractivity contribution < 1.29 is 26.2 Å². The van der Waals surface area contributed by atoms with Crippen molar-refractivity contribution in [2.75, 3.05) is 0 Å². The van der Waals surface area contributed by atoms with Crippen LogP contribution in [0.15, 0.2) is 12.7 Å². The summed E-state index contributed by atoms with van der Waals surface area (Å²) in [5, 5.41) is 0. The van der Waals surface area contributed by atoms with E-state index in [0.29, 0.717) is 0 Å². The Morgan fingerprint density at radius 2 is 0.519 bits per heavy atom.